The van der Waals surface area contributed by atoms with E-state index in [9.17, 15) is 28.0 Å². The second-order valence-electron chi connectivity index (χ2n) is 8.34. The summed E-state index contributed by atoms with van der Waals surface area (Å²) in [4.78, 5) is 27.8. The lowest BCUT2D eigenvalue weighted by Crippen LogP contribution is -2.48. The molecule has 0 spiro atoms. The van der Waals surface area contributed by atoms with Crippen molar-refractivity contribution in [2.75, 3.05) is 31.8 Å². The summed E-state index contributed by atoms with van der Waals surface area (Å²) < 4.78 is 56.0. The number of benzene rings is 2. The number of methoxy groups -OCH3 is 1. The van der Waals surface area contributed by atoms with Crippen molar-refractivity contribution in [1.29, 1.82) is 10.7 Å². The van der Waals surface area contributed by atoms with Gasteiger partial charge in [0.15, 0.2) is 0 Å². The summed E-state index contributed by atoms with van der Waals surface area (Å²) in [5.74, 6) is -4.49. The van der Waals surface area contributed by atoms with Gasteiger partial charge in [-0.15, -0.1) is 0 Å². The molecule has 3 rings (SSSR count). The van der Waals surface area contributed by atoms with E-state index in [4.69, 9.17) is 19.6 Å². The fraction of sp³-hybridized carbons (Fsp3) is 0.333. The number of allylic oxidation sites excluding steroid dienone is 1. The Bertz CT molecular complexity index is 1280. The third kappa shape index (κ3) is 5.86. The van der Waals surface area contributed by atoms with E-state index in [2.05, 4.69) is 0 Å². The second-order valence-corrected chi connectivity index (χ2v) is 8.34. The highest BCUT2D eigenvalue weighted by atomic mass is 19.4. The number of carbonyl (C=O) groups is 2. The van der Waals surface area contributed by atoms with Crippen LogP contribution in [-0.2, 0) is 30.0 Å². The molecular formula is C27H26F3N3O5. The van der Waals surface area contributed by atoms with E-state index < -0.39 is 35.5 Å². The SMILES string of the molecule is CCOC(=O)C1C(=N)N(c2cccc(C(F)(F)F)c2)C(C)=C(C(=O)OCCOC)C1c1ccc(C#N)cc1. The molecule has 1 aliphatic rings. The average Bonchev–Trinajstić information content (AvgIpc) is 2.88. The van der Waals surface area contributed by atoms with Crippen LogP contribution in [0.2, 0.25) is 0 Å². The molecule has 2 unspecified atom stereocenters. The molecule has 0 amide bonds. The summed E-state index contributed by atoms with van der Waals surface area (Å²) in [6, 6.07) is 12.4. The highest BCUT2D eigenvalue weighted by molar-refractivity contribution is 6.14. The number of hydrogen-bond donors (Lipinski definition) is 1. The molecule has 0 aromatic heterocycles. The summed E-state index contributed by atoms with van der Waals surface area (Å²) in [5, 5.41) is 18.1. The van der Waals surface area contributed by atoms with Gasteiger partial charge in [-0.3, -0.25) is 10.2 Å². The number of hydrogen-bond acceptors (Lipinski definition) is 7. The zero-order valence-corrected chi connectivity index (χ0v) is 21.0. The van der Waals surface area contributed by atoms with Gasteiger partial charge in [0.25, 0.3) is 0 Å². The van der Waals surface area contributed by atoms with Gasteiger partial charge in [-0.1, -0.05) is 18.2 Å². The Labute approximate surface area is 217 Å². The molecule has 0 fully saturated rings. The first-order chi connectivity index (χ1) is 18.0. The van der Waals surface area contributed by atoms with Crippen LogP contribution in [0.3, 0.4) is 0 Å². The number of carbonyl (C=O) groups excluding carboxylic acids is 2. The van der Waals surface area contributed by atoms with Gasteiger partial charge in [0.2, 0.25) is 0 Å². The minimum atomic E-state index is -4.65. The zero-order chi connectivity index (χ0) is 28.0. The standard InChI is InChI=1S/C27H26F3N3O5/c1-4-37-26(35)23-22(18-10-8-17(15-31)9-11-18)21(25(34)38-13-12-36-3)16(2)33(24(23)32)20-7-5-6-19(14-20)27(28,29)30/h5-11,14,22-23,32H,4,12-13H2,1-3H3. The monoisotopic (exact) mass is 529 g/mol. The van der Waals surface area contributed by atoms with Gasteiger partial charge in [-0.25, -0.2) is 4.79 Å². The highest BCUT2D eigenvalue weighted by Crippen LogP contribution is 2.44. The van der Waals surface area contributed by atoms with Gasteiger partial charge in [0, 0.05) is 24.4 Å². The summed E-state index contributed by atoms with van der Waals surface area (Å²) in [5.41, 5.74) is -0.167. The van der Waals surface area contributed by atoms with Crippen LogP contribution in [0.1, 0.15) is 36.5 Å². The van der Waals surface area contributed by atoms with Crippen molar-refractivity contribution < 1.29 is 37.0 Å². The van der Waals surface area contributed by atoms with Crippen LogP contribution in [0.5, 0.6) is 0 Å². The summed E-state index contributed by atoms with van der Waals surface area (Å²) in [6.07, 6.45) is -4.65. The fourth-order valence-corrected chi connectivity index (χ4v) is 4.32. The van der Waals surface area contributed by atoms with E-state index in [1.807, 2.05) is 6.07 Å². The fourth-order valence-electron chi connectivity index (χ4n) is 4.32. The molecule has 38 heavy (non-hydrogen) atoms. The van der Waals surface area contributed by atoms with Crippen molar-refractivity contribution in [3.8, 4) is 6.07 Å². The number of nitrogens with one attached hydrogen (secondary N) is 1. The predicted molar refractivity (Wildman–Crippen MR) is 131 cm³/mol. The number of anilines is 1. The van der Waals surface area contributed by atoms with Gasteiger partial charge in [0.05, 0.1) is 36.0 Å². The minimum Gasteiger partial charge on any atom is -0.465 e. The molecule has 0 saturated heterocycles. The van der Waals surface area contributed by atoms with Gasteiger partial charge < -0.3 is 19.1 Å². The van der Waals surface area contributed by atoms with E-state index >= 15 is 0 Å². The Morgan fingerprint density at radius 3 is 2.37 bits per heavy atom. The van der Waals surface area contributed by atoms with Gasteiger partial charge in [-0.05, 0) is 49.7 Å². The normalized spacial score (nSPS) is 17.7. The first kappa shape index (κ1) is 28.4. The summed E-state index contributed by atoms with van der Waals surface area (Å²) in [7, 11) is 1.42. The number of rotatable bonds is 8. The third-order valence-corrected chi connectivity index (χ3v) is 6.02. The Balaban J connectivity index is 2.28. The molecule has 1 heterocycles. The van der Waals surface area contributed by atoms with Crippen molar-refractivity contribution in [2.24, 2.45) is 5.92 Å². The Morgan fingerprint density at radius 2 is 1.79 bits per heavy atom. The van der Waals surface area contributed by atoms with Crippen LogP contribution in [0.4, 0.5) is 18.9 Å². The molecule has 1 N–H and O–H groups in total. The number of nitrogens with zero attached hydrogens (tertiary/aromatic N) is 2. The number of nitriles is 1. The van der Waals surface area contributed by atoms with Gasteiger partial charge >= 0.3 is 18.1 Å². The summed E-state index contributed by atoms with van der Waals surface area (Å²) >= 11 is 0. The van der Waals surface area contributed by atoms with Gasteiger partial charge in [-0.2, -0.15) is 18.4 Å². The van der Waals surface area contributed by atoms with E-state index in [0.29, 0.717) is 11.1 Å². The van der Waals surface area contributed by atoms with Crippen molar-refractivity contribution >= 4 is 23.5 Å². The maximum Gasteiger partial charge on any atom is 0.416 e. The minimum absolute atomic E-state index is 0.0252. The van der Waals surface area contributed by atoms with E-state index in [0.717, 1.165) is 17.0 Å². The molecule has 1 aliphatic heterocycles. The van der Waals surface area contributed by atoms with Gasteiger partial charge in [0.1, 0.15) is 18.4 Å². The molecule has 0 bridgehead atoms. The predicted octanol–water partition coefficient (Wildman–Crippen LogP) is 4.80. The third-order valence-electron chi connectivity index (χ3n) is 6.02. The van der Waals surface area contributed by atoms with E-state index in [1.54, 1.807) is 19.1 Å². The van der Waals surface area contributed by atoms with Crippen LogP contribution in [0.25, 0.3) is 0 Å². The number of ether oxygens (including phenoxy) is 3. The van der Waals surface area contributed by atoms with Crippen LogP contribution < -0.4 is 4.90 Å². The Kier molecular flexibility index (Phi) is 8.91. The maximum absolute atomic E-state index is 13.5. The lowest BCUT2D eigenvalue weighted by atomic mass is 9.75. The summed E-state index contributed by atoms with van der Waals surface area (Å²) in [6.45, 7) is 3.00. The molecule has 200 valence electrons. The average molecular weight is 530 g/mol. The highest BCUT2D eigenvalue weighted by Gasteiger charge is 2.47. The van der Waals surface area contributed by atoms with Crippen molar-refractivity contribution in [3.05, 3.63) is 76.5 Å². The lowest BCUT2D eigenvalue weighted by Gasteiger charge is -2.40. The second kappa shape index (κ2) is 11.9. The molecule has 2 aromatic rings. The molecule has 0 radical (unpaired) electrons. The Hall–Kier alpha value is -4.17. The number of esters is 2. The van der Waals surface area contributed by atoms with Crippen molar-refractivity contribution in [1.82, 2.24) is 0 Å². The van der Waals surface area contributed by atoms with Crippen LogP contribution in [0, 0.1) is 22.7 Å². The topological polar surface area (TPSA) is 113 Å². The first-order valence-corrected chi connectivity index (χ1v) is 11.6. The molecule has 2 atom stereocenters. The Morgan fingerprint density at radius 1 is 1.11 bits per heavy atom. The van der Waals surface area contributed by atoms with Crippen molar-refractivity contribution in [3.63, 3.8) is 0 Å². The van der Waals surface area contributed by atoms with E-state index in [-0.39, 0.29) is 42.6 Å². The maximum atomic E-state index is 13.5. The van der Waals surface area contributed by atoms with E-state index in [1.165, 1.54) is 38.3 Å². The molecule has 0 saturated carbocycles. The molecular weight excluding hydrogens is 503 g/mol. The molecule has 11 heteroatoms. The molecule has 0 aliphatic carbocycles. The van der Waals surface area contributed by atoms with Crippen LogP contribution >= 0.6 is 0 Å². The molecule has 2 aromatic carbocycles. The van der Waals surface area contributed by atoms with Crippen LogP contribution in [-0.4, -0.2) is 44.7 Å². The lowest BCUT2D eigenvalue weighted by molar-refractivity contribution is -0.146. The number of halogens is 3. The number of alkyl halides is 3. The zero-order valence-electron chi connectivity index (χ0n) is 21.0. The number of amidine groups is 1. The molecule has 8 nitrogen and oxygen atoms in total. The smallest absolute Gasteiger partial charge is 0.416 e. The first-order valence-electron chi connectivity index (χ1n) is 11.6. The quantitative estimate of drug-likeness (QED) is 0.386. The van der Waals surface area contributed by atoms with Crippen LogP contribution in [0.15, 0.2) is 59.8 Å². The van der Waals surface area contributed by atoms with Crippen molar-refractivity contribution in [2.45, 2.75) is 25.9 Å². The largest absolute Gasteiger partial charge is 0.465 e.